The van der Waals surface area contributed by atoms with E-state index in [9.17, 15) is 0 Å². The van der Waals surface area contributed by atoms with E-state index in [4.69, 9.17) is 9.41 Å². The number of para-hydroxylation sites is 1. The average Bonchev–Trinajstić information content (AvgIpc) is 2.64. The molecule has 0 spiro atoms. The Balaban J connectivity index is 2.51. The van der Waals surface area contributed by atoms with Crippen molar-refractivity contribution in [1.29, 1.82) is 0 Å². The van der Waals surface area contributed by atoms with E-state index in [1.807, 2.05) is 12.1 Å². The first-order chi connectivity index (χ1) is 8.39. The van der Waals surface area contributed by atoms with Crippen molar-refractivity contribution in [3.05, 3.63) is 30.1 Å². The highest BCUT2D eigenvalue weighted by atomic mass is 28.3. The molecule has 1 radical (unpaired) electrons. The Morgan fingerprint density at radius 3 is 2.72 bits per heavy atom. The SMILES string of the molecule is C[SiH](C)OCn1c(C(C)(C)C)nc2[c]cccc21. The summed E-state index contributed by atoms with van der Waals surface area (Å²) in [6, 6.07) is 9.18. The van der Waals surface area contributed by atoms with Gasteiger partial charge >= 0.3 is 0 Å². The van der Waals surface area contributed by atoms with Crippen molar-refractivity contribution in [2.75, 3.05) is 0 Å². The van der Waals surface area contributed by atoms with Gasteiger partial charge in [0.15, 0.2) is 9.04 Å². The molecule has 4 heteroatoms. The third-order valence-corrected chi connectivity index (χ3v) is 3.60. The number of rotatable bonds is 3. The maximum Gasteiger partial charge on any atom is 0.173 e. The van der Waals surface area contributed by atoms with E-state index in [1.54, 1.807) is 0 Å². The number of fused-ring (bicyclic) bond motifs is 1. The number of imidazole rings is 1. The quantitative estimate of drug-likeness (QED) is 0.794. The standard InChI is InChI=1S/C14H21N2OSi/c1-14(2,3)13-15-11-8-6-7-9-12(11)16(13)10-17-18(4)5/h6-7,9,18H,10H2,1-5H3. The van der Waals surface area contributed by atoms with Gasteiger partial charge in [-0.2, -0.15) is 0 Å². The van der Waals surface area contributed by atoms with Crippen LogP contribution in [0.4, 0.5) is 0 Å². The zero-order valence-electron chi connectivity index (χ0n) is 11.8. The normalized spacial score (nSPS) is 12.6. The van der Waals surface area contributed by atoms with Crippen LogP contribution >= 0.6 is 0 Å². The van der Waals surface area contributed by atoms with E-state index in [1.165, 1.54) is 0 Å². The summed E-state index contributed by atoms with van der Waals surface area (Å²) in [5.74, 6) is 1.06. The lowest BCUT2D eigenvalue weighted by Gasteiger charge is -2.20. The Kier molecular flexibility index (Phi) is 3.59. The number of hydrogen-bond donors (Lipinski definition) is 0. The van der Waals surface area contributed by atoms with Crippen molar-refractivity contribution in [2.24, 2.45) is 0 Å². The van der Waals surface area contributed by atoms with E-state index in [0.717, 1.165) is 16.9 Å². The van der Waals surface area contributed by atoms with Gasteiger partial charge in [-0.3, -0.25) is 0 Å². The Bertz CT molecular complexity index is 540. The Morgan fingerprint density at radius 1 is 1.39 bits per heavy atom. The number of benzene rings is 1. The first-order valence-corrected chi connectivity index (χ1v) is 9.16. The molecule has 0 atom stereocenters. The van der Waals surface area contributed by atoms with Crippen molar-refractivity contribution < 1.29 is 4.43 Å². The van der Waals surface area contributed by atoms with Crippen molar-refractivity contribution >= 4 is 20.1 Å². The summed E-state index contributed by atoms with van der Waals surface area (Å²) in [6.07, 6.45) is 0. The lowest BCUT2D eigenvalue weighted by molar-refractivity contribution is 0.235. The number of nitrogens with zero attached hydrogens (tertiary/aromatic N) is 2. The van der Waals surface area contributed by atoms with Crippen LogP contribution in [-0.2, 0) is 16.6 Å². The van der Waals surface area contributed by atoms with Crippen LogP contribution in [0.25, 0.3) is 11.0 Å². The minimum atomic E-state index is -1.03. The van der Waals surface area contributed by atoms with Crippen molar-refractivity contribution in [3.8, 4) is 0 Å². The summed E-state index contributed by atoms with van der Waals surface area (Å²) >= 11 is 0. The average molecular weight is 261 g/mol. The van der Waals surface area contributed by atoms with E-state index >= 15 is 0 Å². The second kappa shape index (κ2) is 4.86. The van der Waals surface area contributed by atoms with Crippen LogP contribution < -0.4 is 0 Å². The highest BCUT2D eigenvalue weighted by Gasteiger charge is 2.22. The van der Waals surface area contributed by atoms with Gasteiger partial charge in [-0.15, -0.1) is 0 Å². The first kappa shape index (κ1) is 13.3. The van der Waals surface area contributed by atoms with Gasteiger partial charge in [0, 0.05) is 11.5 Å². The first-order valence-electron chi connectivity index (χ1n) is 6.38. The minimum Gasteiger partial charge on any atom is -0.403 e. The number of hydrogen-bond acceptors (Lipinski definition) is 2. The fourth-order valence-corrected chi connectivity index (χ4v) is 2.38. The molecule has 0 amide bonds. The van der Waals surface area contributed by atoms with Crippen molar-refractivity contribution in [3.63, 3.8) is 0 Å². The van der Waals surface area contributed by atoms with Gasteiger partial charge in [-0.25, -0.2) is 4.98 Å². The predicted octanol–water partition coefficient (Wildman–Crippen LogP) is 3.09. The van der Waals surface area contributed by atoms with E-state index < -0.39 is 9.04 Å². The third-order valence-electron chi connectivity index (χ3n) is 2.78. The van der Waals surface area contributed by atoms with Gasteiger partial charge < -0.3 is 8.99 Å². The van der Waals surface area contributed by atoms with Crippen LogP contribution in [0.2, 0.25) is 13.1 Å². The second-order valence-corrected chi connectivity index (χ2v) is 8.29. The van der Waals surface area contributed by atoms with Crippen LogP contribution in [-0.4, -0.2) is 18.6 Å². The number of aromatic nitrogens is 2. The molecule has 18 heavy (non-hydrogen) atoms. The summed E-state index contributed by atoms with van der Waals surface area (Å²) in [5, 5.41) is 0. The minimum absolute atomic E-state index is 0.00869. The molecule has 0 aliphatic heterocycles. The fourth-order valence-electron chi connectivity index (χ4n) is 1.93. The monoisotopic (exact) mass is 261 g/mol. The van der Waals surface area contributed by atoms with Gasteiger partial charge in [0.2, 0.25) is 0 Å². The molecule has 0 bridgehead atoms. The maximum absolute atomic E-state index is 5.88. The predicted molar refractivity (Wildman–Crippen MR) is 77.2 cm³/mol. The summed E-state index contributed by atoms with van der Waals surface area (Å²) < 4.78 is 8.06. The molecule has 0 unspecified atom stereocenters. The largest absolute Gasteiger partial charge is 0.403 e. The molecule has 0 N–H and O–H groups in total. The highest BCUT2D eigenvalue weighted by molar-refractivity contribution is 6.48. The van der Waals surface area contributed by atoms with Crippen LogP contribution in [0.3, 0.4) is 0 Å². The van der Waals surface area contributed by atoms with Gasteiger partial charge in [0.25, 0.3) is 0 Å². The van der Waals surface area contributed by atoms with E-state index in [0.29, 0.717) is 6.73 Å². The molecule has 0 saturated heterocycles. The van der Waals surface area contributed by atoms with Crippen molar-refractivity contribution in [2.45, 2.75) is 46.0 Å². The van der Waals surface area contributed by atoms with Gasteiger partial charge in [-0.05, 0) is 19.2 Å². The lowest BCUT2D eigenvalue weighted by atomic mass is 9.96. The molecule has 0 saturated carbocycles. The summed E-state index contributed by atoms with van der Waals surface area (Å²) in [7, 11) is -1.03. The zero-order chi connectivity index (χ0) is 13.3. The fraction of sp³-hybridized carbons (Fsp3) is 0.500. The molecule has 3 nitrogen and oxygen atoms in total. The molecule has 0 aliphatic carbocycles. The molecule has 1 aromatic heterocycles. The van der Waals surface area contributed by atoms with E-state index in [-0.39, 0.29) is 5.41 Å². The summed E-state index contributed by atoms with van der Waals surface area (Å²) in [6.45, 7) is 11.5. The maximum atomic E-state index is 5.88. The summed E-state index contributed by atoms with van der Waals surface area (Å²) in [5.41, 5.74) is 2.04. The zero-order valence-corrected chi connectivity index (χ0v) is 13.0. The Hall–Kier alpha value is -1.13. The molecule has 1 heterocycles. The molecule has 0 aliphatic rings. The molecule has 97 valence electrons. The van der Waals surface area contributed by atoms with E-state index in [2.05, 4.69) is 50.6 Å². The topological polar surface area (TPSA) is 27.1 Å². The lowest BCUT2D eigenvalue weighted by Crippen LogP contribution is -2.21. The summed E-state index contributed by atoms with van der Waals surface area (Å²) in [4.78, 5) is 4.70. The van der Waals surface area contributed by atoms with Crippen molar-refractivity contribution in [1.82, 2.24) is 9.55 Å². The third kappa shape index (κ3) is 2.65. The highest BCUT2D eigenvalue weighted by Crippen LogP contribution is 2.26. The van der Waals surface area contributed by atoms with Crippen LogP contribution in [0, 0.1) is 6.07 Å². The van der Waals surface area contributed by atoms with Crippen LogP contribution in [0.15, 0.2) is 18.2 Å². The van der Waals surface area contributed by atoms with Gasteiger partial charge in [0.05, 0.1) is 11.0 Å². The molecule has 0 fully saturated rings. The van der Waals surface area contributed by atoms with Crippen LogP contribution in [0.1, 0.15) is 26.6 Å². The second-order valence-electron chi connectivity index (χ2n) is 5.86. The Labute approximate surface area is 111 Å². The van der Waals surface area contributed by atoms with Gasteiger partial charge in [0.1, 0.15) is 12.6 Å². The smallest absolute Gasteiger partial charge is 0.173 e. The molecule has 1 aromatic carbocycles. The molecule has 2 rings (SSSR count). The van der Waals surface area contributed by atoms with Gasteiger partial charge in [-0.1, -0.05) is 32.9 Å². The molecule has 2 aromatic rings. The Morgan fingerprint density at radius 2 is 2.11 bits per heavy atom. The molecular weight excluding hydrogens is 240 g/mol. The molecular formula is C14H21N2OSi. The van der Waals surface area contributed by atoms with Crippen LogP contribution in [0.5, 0.6) is 0 Å².